The van der Waals surface area contributed by atoms with Crippen LogP contribution in [0.3, 0.4) is 0 Å². The Labute approximate surface area is 136 Å². The zero-order valence-electron chi connectivity index (χ0n) is 14.0. The SMILES string of the molecule is CC(C)(C)OC(=O)N[C@H]1CCC[C@H](c2nnn3ccccc23)C1. The minimum atomic E-state index is -0.470. The fourth-order valence-corrected chi connectivity index (χ4v) is 3.20. The number of pyridine rings is 1. The van der Waals surface area contributed by atoms with E-state index in [2.05, 4.69) is 15.6 Å². The van der Waals surface area contributed by atoms with E-state index in [-0.39, 0.29) is 12.1 Å². The van der Waals surface area contributed by atoms with Gasteiger partial charge in [-0.25, -0.2) is 9.31 Å². The Balaban J connectivity index is 1.68. The molecule has 1 aliphatic carbocycles. The van der Waals surface area contributed by atoms with Crippen LogP contribution in [0.25, 0.3) is 5.52 Å². The van der Waals surface area contributed by atoms with Gasteiger partial charge in [0.05, 0.1) is 11.2 Å². The normalized spacial score (nSPS) is 22.0. The minimum absolute atomic E-state index is 0.129. The van der Waals surface area contributed by atoms with Crippen LogP contribution in [-0.2, 0) is 4.74 Å². The average Bonchev–Trinajstić information content (AvgIpc) is 2.89. The number of alkyl carbamates (subject to hydrolysis) is 1. The van der Waals surface area contributed by atoms with E-state index in [9.17, 15) is 4.79 Å². The summed E-state index contributed by atoms with van der Waals surface area (Å²) in [6, 6.07) is 6.12. The Bertz CT molecular complexity index is 689. The summed E-state index contributed by atoms with van der Waals surface area (Å²) in [5, 5.41) is 11.5. The van der Waals surface area contributed by atoms with Crippen LogP contribution in [0.4, 0.5) is 4.79 Å². The van der Waals surface area contributed by atoms with E-state index in [0.717, 1.165) is 36.9 Å². The van der Waals surface area contributed by atoms with Gasteiger partial charge in [-0.3, -0.25) is 0 Å². The van der Waals surface area contributed by atoms with Crippen molar-refractivity contribution in [2.45, 2.75) is 64.0 Å². The van der Waals surface area contributed by atoms with Crippen LogP contribution >= 0.6 is 0 Å². The minimum Gasteiger partial charge on any atom is -0.444 e. The number of hydrogen-bond donors (Lipinski definition) is 1. The van der Waals surface area contributed by atoms with Crippen molar-refractivity contribution < 1.29 is 9.53 Å². The molecule has 2 aromatic heterocycles. The lowest BCUT2D eigenvalue weighted by atomic mass is 9.83. The highest BCUT2D eigenvalue weighted by Crippen LogP contribution is 2.33. The quantitative estimate of drug-likeness (QED) is 0.923. The molecule has 0 radical (unpaired) electrons. The number of nitrogens with zero attached hydrogens (tertiary/aromatic N) is 3. The zero-order valence-corrected chi connectivity index (χ0v) is 14.0. The Morgan fingerprint density at radius 2 is 2.17 bits per heavy atom. The molecule has 1 saturated carbocycles. The maximum atomic E-state index is 12.0. The summed E-state index contributed by atoms with van der Waals surface area (Å²) in [6.07, 6.45) is 5.57. The summed E-state index contributed by atoms with van der Waals surface area (Å²) in [5.41, 5.74) is 1.61. The first kappa shape index (κ1) is 15.8. The summed E-state index contributed by atoms with van der Waals surface area (Å²) >= 11 is 0. The highest BCUT2D eigenvalue weighted by molar-refractivity contribution is 5.68. The highest BCUT2D eigenvalue weighted by Gasteiger charge is 2.28. The Kier molecular flexibility index (Phi) is 4.24. The molecule has 2 heterocycles. The third-order valence-corrected chi connectivity index (χ3v) is 4.13. The lowest BCUT2D eigenvalue weighted by molar-refractivity contribution is 0.0490. The largest absolute Gasteiger partial charge is 0.444 e. The van der Waals surface area contributed by atoms with Gasteiger partial charge in [-0.2, -0.15) is 0 Å². The number of rotatable bonds is 2. The van der Waals surface area contributed by atoms with Crippen LogP contribution in [0.15, 0.2) is 24.4 Å². The molecule has 2 aromatic rings. The molecule has 1 aliphatic rings. The van der Waals surface area contributed by atoms with E-state index < -0.39 is 5.60 Å². The van der Waals surface area contributed by atoms with Gasteiger partial charge < -0.3 is 10.1 Å². The smallest absolute Gasteiger partial charge is 0.407 e. The monoisotopic (exact) mass is 316 g/mol. The van der Waals surface area contributed by atoms with Crippen molar-refractivity contribution in [3.05, 3.63) is 30.1 Å². The van der Waals surface area contributed by atoms with Crippen molar-refractivity contribution in [1.29, 1.82) is 0 Å². The first-order valence-corrected chi connectivity index (χ1v) is 8.22. The average molecular weight is 316 g/mol. The molecule has 0 aromatic carbocycles. The lowest BCUT2D eigenvalue weighted by Gasteiger charge is -2.29. The third-order valence-electron chi connectivity index (χ3n) is 4.13. The molecule has 0 spiro atoms. The molecule has 0 unspecified atom stereocenters. The number of carbonyl (C=O) groups excluding carboxylic acids is 1. The predicted molar refractivity (Wildman–Crippen MR) is 87.4 cm³/mol. The predicted octanol–water partition coefficient (Wildman–Crippen LogP) is 3.28. The summed E-state index contributed by atoms with van der Waals surface area (Å²) in [5.74, 6) is 0.323. The Hall–Kier alpha value is -2.11. The molecule has 0 aliphatic heterocycles. The molecule has 23 heavy (non-hydrogen) atoms. The zero-order chi connectivity index (χ0) is 16.4. The summed E-state index contributed by atoms with van der Waals surface area (Å²) in [4.78, 5) is 12.0. The van der Waals surface area contributed by atoms with E-state index in [0.29, 0.717) is 5.92 Å². The second-order valence-corrected chi connectivity index (χ2v) is 7.21. The molecule has 124 valence electrons. The van der Waals surface area contributed by atoms with Gasteiger partial charge in [0.15, 0.2) is 0 Å². The second kappa shape index (κ2) is 6.18. The molecule has 1 fully saturated rings. The number of aromatic nitrogens is 3. The van der Waals surface area contributed by atoms with Crippen LogP contribution in [-0.4, -0.2) is 32.6 Å². The molecular weight excluding hydrogens is 292 g/mol. The van der Waals surface area contributed by atoms with Gasteiger partial charge in [0.2, 0.25) is 0 Å². The molecular formula is C17H24N4O2. The number of nitrogens with one attached hydrogen (secondary N) is 1. The van der Waals surface area contributed by atoms with Crippen molar-refractivity contribution in [1.82, 2.24) is 20.1 Å². The Morgan fingerprint density at radius 1 is 1.35 bits per heavy atom. The molecule has 1 amide bonds. The van der Waals surface area contributed by atoms with Crippen LogP contribution in [0.1, 0.15) is 58.1 Å². The standard InChI is InChI=1S/C17H24N4O2/c1-17(2,3)23-16(22)18-13-8-6-7-12(11-13)15-14-9-4-5-10-21(14)20-19-15/h4-5,9-10,12-13H,6-8,11H2,1-3H3,(H,18,22)/t12-,13-/m0/s1. The second-order valence-electron chi connectivity index (χ2n) is 7.21. The van der Waals surface area contributed by atoms with Crippen LogP contribution in [0.5, 0.6) is 0 Å². The lowest BCUT2D eigenvalue weighted by Crippen LogP contribution is -2.41. The molecule has 3 rings (SSSR count). The van der Waals surface area contributed by atoms with E-state index in [1.54, 1.807) is 4.52 Å². The van der Waals surface area contributed by atoms with Crippen molar-refractivity contribution in [3.8, 4) is 0 Å². The molecule has 6 heteroatoms. The van der Waals surface area contributed by atoms with Gasteiger partial charge in [-0.1, -0.05) is 17.7 Å². The summed E-state index contributed by atoms with van der Waals surface area (Å²) in [7, 11) is 0. The molecule has 0 saturated heterocycles. The van der Waals surface area contributed by atoms with Gasteiger partial charge in [0, 0.05) is 18.2 Å². The first-order chi connectivity index (χ1) is 10.9. The van der Waals surface area contributed by atoms with Crippen molar-refractivity contribution in [2.75, 3.05) is 0 Å². The number of hydrogen-bond acceptors (Lipinski definition) is 4. The highest BCUT2D eigenvalue weighted by atomic mass is 16.6. The van der Waals surface area contributed by atoms with Crippen molar-refractivity contribution in [2.24, 2.45) is 0 Å². The molecule has 0 bridgehead atoms. The fourth-order valence-electron chi connectivity index (χ4n) is 3.20. The maximum absolute atomic E-state index is 12.0. The number of ether oxygens (including phenoxy) is 1. The van der Waals surface area contributed by atoms with Gasteiger partial charge in [0.25, 0.3) is 0 Å². The Morgan fingerprint density at radius 3 is 2.96 bits per heavy atom. The fraction of sp³-hybridized carbons (Fsp3) is 0.588. The van der Waals surface area contributed by atoms with Crippen LogP contribution in [0.2, 0.25) is 0 Å². The van der Waals surface area contributed by atoms with Gasteiger partial charge in [-0.05, 0) is 52.2 Å². The number of carbonyl (C=O) groups is 1. The summed E-state index contributed by atoms with van der Waals surface area (Å²) in [6.45, 7) is 5.62. The first-order valence-electron chi connectivity index (χ1n) is 8.22. The topological polar surface area (TPSA) is 68.5 Å². The number of amides is 1. The van der Waals surface area contributed by atoms with Gasteiger partial charge >= 0.3 is 6.09 Å². The summed E-state index contributed by atoms with van der Waals surface area (Å²) < 4.78 is 7.16. The number of fused-ring (bicyclic) bond motifs is 1. The van der Waals surface area contributed by atoms with Gasteiger partial charge in [0.1, 0.15) is 5.60 Å². The van der Waals surface area contributed by atoms with Crippen LogP contribution in [0, 0.1) is 0 Å². The molecule has 2 atom stereocenters. The van der Waals surface area contributed by atoms with E-state index in [1.807, 2.05) is 45.2 Å². The van der Waals surface area contributed by atoms with E-state index in [1.165, 1.54) is 0 Å². The van der Waals surface area contributed by atoms with E-state index >= 15 is 0 Å². The molecule has 6 nitrogen and oxygen atoms in total. The van der Waals surface area contributed by atoms with Crippen molar-refractivity contribution >= 4 is 11.6 Å². The van der Waals surface area contributed by atoms with E-state index in [4.69, 9.17) is 4.74 Å². The van der Waals surface area contributed by atoms with Gasteiger partial charge in [-0.15, -0.1) is 5.10 Å². The third kappa shape index (κ3) is 3.81. The molecule has 1 N–H and O–H groups in total. The van der Waals surface area contributed by atoms with Crippen molar-refractivity contribution in [3.63, 3.8) is 0 Å². The maximum Gasteiger partial charge on any atom is 0.407 e. The van der Waals surface area contributed by atoms with Crippen LogP contribution < -0.4 is 5.32 Å².